The van der Waals surface area contributed by atoms with Crippen LogP contribution in [0.4, 0.5) is 0 Å². The second-order valence-corrected chi connectivity index (χ2v) is 3.44. The van der Waals surface area contributed by atoms with E-state index in [-0.39, 0.29) is 5.60 Å². The summed E-state index contributed by atoms with van der Waals surface area (Å²) in [6, 6.07) is 0.579. The van der Waals surface area contributed by atoms with E-state index in [2.05, 4.69) is 12.2 Å². The average Bonchev–Trinajstić information content (AvgIpc) is 1.85. The fraction of sp³-hybridized carbons (Fsp3) is 1.00. The second kappa shape index (κ2) is 2.21. The van der Waals surface area contributed by atoms with Gasteiger partial charge in [-0.2, -0.15) is 0 Å². The number of morpholine rings is 1. The highest BCUT2D eigenvalue weighted by molar-refractivity contribution is 4.99. The molecule has 1 spiro atoms. The van der Waals surface area contributed by atoms with Gasteiger partial charge in [-0.15, -0.1) is 0 Å². The third-order valence-corrected chi connectivity index (χ3v) is 2.93. The minimum absolute atomic E-state index is 0.248. The zero-order chi connectivity index (χ0) is 7.03. The first-order valence-electron chi connectivity index (χ1n) is 4.21. The summed E-state index contributed by atoms with van der Waals surface area (Å²) in [5, 5.41) is 3.45. The van der Waals surface area contributed by atoms with E-state index in [1.54, 1.807) is 0 Å². The van der Waals surface area contributed by atoms with E-state index in [0.717, 1.165) is 13.2 Å². The minimum Gasteiger partial charge on any atom is -0.372 e. The minimum atomic E-state index is 0.248. The SMILES string of the molecule is C[C@@H]1NCCOC12CCC2. The third kappa shape index (κ3) is 0.789. The van der Waals surface area contributed by atoms with Crippen LogP contribution in [0.3, 0.4) is 0 Å². The maximum atomic E-state index is 5.75. The van der Waals surface area contributed by atoms with Crippen molar-refractivity contribution >= 4 is 0 Å². The van der Waals surface area contributed by atoms with E-state index >= 15 is 0 Å². The van der Waals surface area contributed by atoms with Gasteiger partial charge in [0, 0.05) is 12.6 Å². The topological polar surface area (TPSA) is 21.3 Å². The Labute approximate surface area is 61.9 Å². The Morgan fingerprint density at radius 2 is 2.30 bits per heavy atom. The largest absolute Gasteiger partial charge is 0.372 e. The highest BCUT2D eigenvalue weighted by Gasteiger charge is 2.44. The first kappa shape index (κ1) is 6.62. The Morgan fingerprint density at radius 1 is 1.50 bits per heavy atom. The molecule has 2 heteroatoms. The summed E-state index contributed by atoms with van der Waals surface area (Å²) in [5.74, 6) is 0. The predicted molar refractivity (Wildman–Crippen MR) is 40.0 cm³/mol. The molecule has 1 heterocycles. The summed E-state index contributed by atoms with van der Waals surface area (Å²) >= 11 is 0. The number of rotatable bonds is 0. The summed E-state index contributed by atoms with van der Waals surface area (Å²) in [4.78, 5) is 0. The molecular weight excluding hydrogens is 126 g/mol. The summed E-state index contributed by atoms with van der Waals surface area (Å²) in [7, 11) is 0. The van der Waals surface area contributed by atoms with Crippen LogP contribution in [0.15, 0.2) is 0 Å². The summed E-state index contributed by atoms with van der Waals surface area (Å²) in [6.45, 7) is 4.17. The average molecular weight is 141 g/mol. The van der Waals surface area contributed by atoms with Gasteiger partial charge in [0.1, 0.15) is 0 Å². The molecule has 1 aliphatic carbocycles. The maximum absolute atomic E-state index is 5.75. The van der Waals surface area contributed by atoms with Gasteiger partial charge in [0.05, 0.1) is 12.2 Å². The van der Waals surface area contributed by atoms with E-state index in [0.29, 0.717) is 6.04 Å². The number of hydrogen-bond donors (Lipinski definition) is 1. The molecule has 2 rings (SSSR count). The fourth-order valence-electron chi connectivity index (χ4n) is 1.94. The van der Waals surface area contributed by atoms with Crippen molar-refractivity contribution in [3.63, 3.8) is 0 Å². The van der Waals surface area contributed by atoms with Crippen LogP contribution in [0, 0.1) is 0 Å². The smallest absolute Gasteiger partial charge is 0.0832 e. The van der Waals surface area contributed by atoms with Gasteiger partial charge >= 0.3 is 0 Å². The monoisotopic (exact) mass is 141 g/mol. The van der Waals surface area contributed by atoms with Crippen LogP contribution in [0.5, 0.6) is 0 Å². The maximum Gasteiger partial charge on any atom is 0.0832 e. The molecule has 2 nitrogen and oxygen atoms in total. The predicted octanol–water partition coefficient (Wildman–Crippen LogP) is 0.917. The molecule has 1 aliphatic heterocycles. The van der Waals surface area contributed by atoms with Gasteiger partial charge in [-0.05, 0) is 26.2 Å². The van der Waals surface area contributed by atoms with Crippen LogP contribution in [-0.2, 0) is 4.74 Å². The third-order valence-electron chi connectivity index (χ3n) is 2.93. The molecule has 0 unspecified atom stereocenters. The Hall–Kier alpha value is -0.0800. The highest BCUT2D eigenvalue weighted by Crippen LogP contribution is 2.39. The van der Waals surface area contributed by atoms with Gasteiger partial charge in [0.25, 0.3) is 0 Å². The lowest BCUT2D eigenvalue weighted by atomic mass is 9.74. The van der Waals surface area contributed by atoms with Crippen molar-refractivity contribution in [1.29, 1.82) is 0 Å². The Bertz CT molecular complexity index is 131. The Morgan fingerprint density at radius 3 is 2.70 bits per heavy atom. The van der Waals surface area contributed by atoms with E-state index in [9.17, 15) is 0 Å². The number of hydrogen-bond acceptors (Lipinski definition) is 2. The summed E-state index contributed by atoms with van der Waals surface area (Å²) < 4.78 is 5.75. The van der Waals surface area contributed by atoms with Gasteiger partial charge in [0.15, 0.2) is 0 Å². The number of ether oxygens (including phenoxy) is 1. The van der Waals surface area contributed by atoms with Crippen LogP contribution < -0.4 is 5.32 Å². The lowest BCUT2D eigenvalue weighted by molar-refractivity contribution is -0.140. The van der Waals surface area contributed by atoms with E-state index in [4.69, 9.17) is 4.74 Å². The van der Waals surface area contributed by atoms with Crippen molar-refractivity contribution in [2.24, 2.45) is 0 Å². The van der Waals surface area contributed by atoms with Crippen molar-refractivity contribution in [1.82, 2.24) is 5.32 Å². The zero-order valence-corrected chi connectivity index (χ0v) is 6.52. The molecule has 2 fully saturated rings. The molecule has 1 atom stereocenters. The Balaban J connectivity index is 2.03. The lowest BCUT2D eigenvalue weighted by Crippen LogP contribution is -2.60. The van der Waals surface area contributed by atoms with E-state index in [1.165, 1.54) is 19.3 Å². The van der Waals surface area contributed by atoms with Gasteiger partial charge < -0.3 is 10.1 Å². The zero-order valence-electron chi connectivity index (χ0n) is 6.52. The molecule has 0 amide bonds. The molecule has 0 aromatic rings. The molecule has 58 valence electrons. The van der Waals surface area contributed by atoms with Gasteiger partial charge in [-0.25, -0.2) is 0 Å². The van der Waals surface area contributed by atoms with Crippen LogP contribution in [0.25, 0.3) is 0 Å². The fourth-order valence-corrected chi connectivity index (χ4v) is 1.94. The lowest BCUT2D eigenvalue weighted by Gasteiger charge is -2.49. The molecule has 10 heavy (non-hydrogen) atoms. The van der Waals surface area contributed by atoms with Crippen LogP contribution in [0.1, 0.15) is 26.2 Å². The molecule has 0 aromatic carbocycles. The second-order valence-electron chi connectivity index (χ2n) is 3.44. The van der Waals surface area contributed by atoms with Crippen LogP contribution in [-0.4, -0.2) is 24.8 Å². The molecule has 2 aliphatic rings. The molecule has 1 N–H and O–H groups in total. The van der Waals surface area contributed by atoms with Crippen molar-refractivity contribution in [2.75, 3.05) is 13.2 Å². The molecule has 0 aromatic heterocycles. The molecule has 0 bridgehead atoms. The molecular formula is C8H15NO. The van der Waals surface area contributed by atoms with Crippen molar-refractivity contribution in [3.05, 3.63) is 0 Å². The first-order chi connectivity index (χ1) is 4.83. The van der Waals surface area contributed by atoms with Gasteiger partial charge in [-0.3, -0.25) is 0 Å². The van der Waals surface area contributed by atoms with Crippen molar-refractivity contribution < 1.29 is 4.74 Å². The highest BCUT2D eigenvalue weighted by atomic mass is 16.5. The summed E-state index contributed by atoms with van der Waals surface area (Å²) in [5.41, 5.74) is 0.248. The van der Waals surface area contributed by atoms with Crippen molar-refractivity contribution in [3.8, 4) is 0 Å². The van der Waals surface area contributed by atoms with Gasteiger partial charge in [-0.1, -0.05) is 0 Å². The van der Waals surface area contributed by atoms with Crippen LogP contribution in [0.2, 0.25) is 0 Å². The normalized spacial score (nSPS) is 37.5. The van der Waals surface area contributed by atoms with Gasteiger partial charge in [0.2, 0.25) is 0 Å². The first-order valence-corrected chi connectivity index (χ1v) is 4.21. The standard InChI is InChI=1S/C8H15NO/c1-7-8(3-2-4-8)10-6-5-9-7/h7,9H,2-6H2,1H3/t7-/m0/s1. The van der Waals surface area contributed by atoms with Crippen LogP contribution >= 0.6 is 0 Å². The quantitative estimate of drug-likeness (QED) is 0.541. The van der Waals surface area contributed by atoms with Crippen molar-refractivity contribution in [2.45, 2.75) is 37.8 Å². The molecule has 0 radical (unpaired) electrons. The number of nitrogens with one attached hydrogen (secondary N) is 1. The Kier molecular flexibility index (Phi) is 1.46. The van der Waals surface area contributed by atoms with E-state index < -0.39 is 0 Å². The molecule has 1 saturated carbocycles. The summed E-state index contributed by atoms with van der Waals surface area (Å²) in [6.07, 6.45) is 3.88. The van der Waals surface area contributed by atoms with E-state index in [1.807, 2.05) is 0 Å². The molecule has 1 saturated heterocycles.